The van der Waals surface area contributed by atoms with Crippen molar-refractivity contribution in [1.82, 2.24) is 0 Å². The Bertz CT molecular complexity index is 429. The van der Waals surface area contributed by atoms with Gasteiger partial charge in [-0.2, -0.15) is 0 Å². The highest BCUT2D eigenvalue weighted by molar-refractivity contribution is 7.19. The van der Waals surface area contributed by atoms with Crippen LogP contribution in [0.25, 0.3) is 10.1 Å². The van der Waals surface area contributed by atoms with Gasteiger partial charge in [0.25, 0.3) is 0 Å². The molecule has 0 saturated carbocycles. The van der Waals surface area contributed by atoms with E-state index in [1.807, 2.05) is 13.8 Å². The second-order valence-electron chi connectivity index (χ2n) is 3.05. The Balaban J connectivity index is 2.88. The summed E-state index contributed by atoms with van der Waals surface area (Å²) in [5.41, 5.74) is 0. The lowest BCUT2D eigenvalue weighted by Gasteiger charge is -1.84. The van der Waals surface area contributed by atoms with Crippen molar-refractivity contribution in [3.8, 4) is 0 Å². The zero-order valence-electron chi connectivity index (χ0n) is 7.47. The first-order valence-corrected chi connectivity index (χ1v) is 4.79. The maximum Gasteiger partial charge on any atom is 0.344 e. The van der Waals surface area contributed by atoms with Gasteiger partial charge in [0.15, 0.2) is 0 Å². The molecule has 0 radical (unpaired) electrons. The Morgan fingerprint density at radius 1 is 1.17 bits per heavy atom. The first-order chi connectivity index (χ1) is 5.66. The molecule has 2 aromatic rings. The lowest BCUT2D eigenvalue weighted by molar-refractivity contribution is 0.495. The van der Waals surface area contributed by atoms with Crippen LogP contribution in [0.15, 0.2) is 16.5 Å². The zero-order valence-corrected chi connectivity index (χ0v) is 8.29. The Morgan fingerprint density at radius 2 is 1.92 bits per heavy atom. The maximum absolute atomic E-state index is 5.51. The van der Waals surface area contributed by atoms with E-state index in [4.69, 9.17) is 4.42 Å². The minimum absolute atomic E-state index is 0.984. The number of thiophene rings is 1. The Hall–Kier alpha value is -0.890. The lowest BCUT2D eigenvalue weighted by atomic mass is 10.2. The molecule has 0 N–H and O–H groups in total. The summed E-state index contributed by atoms with van der Waals surface area (Å²) in [6, 6.07) is 4.29. The summed E-state index contributed by atoms with van der Waals surface area (Å²) in [6.07, 6.45) is 0. The van der Waals surface area contributed by atoms with Gasteiger partial charge in [0.1, 0.15) is 4.70 Å². The van der Waals surface area contributed by atoms with E-state index in [-0.39, 0.29) is 0 Å². The highest BCUT2D eigenvalue weighted by Gasteiger charge is 2.13. The van der Waals surface area contributed by atoms with Gasteiger partial charge in [-0.1, -0.05) is 0 Å². The van der Waals surface area contributed by atoms with Crippen LogP contribution in [0.2, 0.25) is 0 Å². The minimum Gasteiger partial charge on any atom is -0.217 e. The Morgan fingerprint density at radius 3 is 2.67 bits per heavy atom. The normalized spacial score (nSPS) is 10.9. The van der Waals surface area contributed by atoms with Crippen LogP contribution in [0, 0.1) is 20.8 Å². The molecule has 0 aromatic carbocycles. The van der Waals surface area contributed by atoms with Gasteiger partial charge >= 0.3 is 11.5 Å². The molecule has 2 rings (SSSR count). The van der Waals surface area contributed by atoms with Gasteiger partial charge < -0.3 is 0 Å². The van der Waals surface area contributed by atoms with Gasteiger partial charge in [-0.3, -0.25) is 0 Å². The molecule has 0 unspecified atom stereocenters. The van der Waals surface area contributed by atoms with Crippen LogP contribution < -0.4 is 0 Å². The molecule has 0 spiro atoms. The fourth-order valence-electron chi connectivity index (χ4n) is 1.45. The Kier molecular flexibility index (Phi) is 1.65. The van der Waals surface area contributed by atoms with Crippen LogP contribution >= 0.6 is 11.3 Å². The molecule has 2 aromatic heterocycles. The predicted octanol–water partition coefficient (Wildman–Crippen LogP) is 3.70. The predicted molar refractivity (Wildman–Crippen MR) is 52.7 cm³/mol. The molecule has 2 heterocycles. The van der Waals surface area contributed by atoms with Gasteiger partial charge in [-0.25, -0.2) is 4.42 Å². The molecule has 0 aliphatic heterocycles. The van der Waals surface area contributed by atoms with E-state index in [1.54, 1.807) is 11.3 Å². The van der Waals surface area contributed by atoms with Crippen LogP contribution in [-0.2, 0) is 0 Å². The smallest absolute Gasteiger partial charge is 0.217 e. The molecule has 0 amide bonds. The van der Waals surface area contributed by atoms with E-state index < -0.39 is 0 Å². The molecular formula is C10H11OS+. The standard InChI is InChI=1S/C10H11OS/c1-6-4-9-5-7(2)12-10(9)8(3)11-6/h4-5H,1-3H3/q+1. The van der Waals surface area contributed by atoms with Gasteiger partial charge in [-0.15, -0.1) is 11.3 Å². The van der Waals surface area contributed by atoms with Crippen molar-refractivity contribution in [2.45, 2.75) is 20.8 Å². The van der Waals surface area contributed by atoms with Gasteiger partial charge in [0.05, 0.1) is 13.8 Å². The fourth-order valence-corrected chi connectivity index (χ4v) is 2.38. The molecule has 62 valence electrons. The van der Waals surface area contributed by atoms with E-state index in [1.165, 1.54) is 15.0 Å². The maximum atomic E-state index is 5.51. The number of fused-ring (bicyclic) bond motifs is 1. The third kappa shape index (κ3) is 1.12. The van der Waals surface area contributed by atoms with E-state index in [9.17, 15) is 0 Å². The number of hydrogen-bond acceptors (Lipinski definition) is 1. The van der Waals surface area contributed by atoms with E-state index in [0.717, 1.165) is 11.5 Å². The molecule has 0 fully saturated rings. The first kappa shape index (κ1) is 7.74. The van der Waals surface area contributed by atoms with Gasteiger partial charge in [0, 0.05) is 16.3 Å². The first-order valence-electron chi connectivity index (χ1n) is 3.97. The van der Waals surface area contributed by atoms with E-state index >= 15 is 0 Å². The van der Waals surface area contributed by atoms with Crippen molar-refractivity contribution in [3.63, 3.8) is 0 Å². The summed E-state index contributed by atoms with van der Waals surface area (Å²) in [5, 5.41) is 1.30. The van der Waals surface area contributed by atoms with Crippen LogP contribution in [0.3, 0.4) is 0 Å². The van der Waals surface area contributed by atoms with Crippen LogP contribution in [-0.4, -0.2) is 0 Å². The summed E-state index contributed by atoms with van der Waals surface area (Å²) >= 11 is 1.79. The third-order valence-electron chi connectivity index (χ3n) is 1.88. The highest BCUT2D eigenvalue weighted by Crippen LogP contribution is 2.28. The SMILES string of the molecule is Cc1cc2cc(C)sc2c(C)[o+]1. The summed E-state index contributed by atoms with van der Waals surface area (Å²) in [6.45, 7) is 6.13. The van der Waals surface area contributed by atoms with Crippen molar-refractivity contribution in [3.05, 3.63) is 28.5 Å². The minimum atomic E-state index is 0.984. The largest absolute Gasteiger partial charge is 0.344 e. The third-order valence-corrected chi connectivity index (χ3v) is 3.04. The molecule has 0 saturated heterocycles. The molecule has 0 atom stereocenters. The van der Waals surface area contributed by atoms with Gasteiger partial charge in [-0.05, 0) is 13.0 Å². The summed E-state index contributed by atoms with van der Waals surface area (Å²) < 4.78 is 6.79. The van der Waals surface area contributed by atoms with Crippen LogP contribution in [0.4, 0.5) is 0 Å². The van der Waals surface area contributed by atoms with Crippen molar-refractivity contribution < 1.29 is 4.42 Å². The number of aryl methyl sites for hydroxylation is 3. The van der Waals surface area contributed by atoms with Crippen LogP contribution in [0.1, 0.15) is 16.4 Å². The lowest BCUT2D eigenvalue weighted by Crippen LogP contribution is -1.75. The van der Waals surface area contributed by atoms with Crippen molar-refractivity contribution in [1.29, 1.82) is 0 Å². The Labute approximate surface area is 75.7 Å². The molecule has 1 nitrogen and oxygen atoms in total. The average Bonchev–Trinajstić information content (AvgIpc) is 2.29. The topological polar surface area (TPSA) is 11.3 Å². The quantitative estimate of drug-likeness (QED) is 0.561. The molecule has 0 aliphatic rings. The van der Waals surface area contributed by atoms with Gasteiger partial charge in [0.2, 0.25) is 0 Å². The second kappa shape index (κ2) is 2.56. The number of rotatable bonds is 0. The molecule has 0 aliphatic carbocycles. The van der Waals surface area contributed by atoms with Crippen molar-refractivity contribution in [2.75, 3.05) is 0 Å². The summed E-state index contributed by atoms with van der Waals surface area (Å²) in [7, 11) is 0. The molecule has 2 heteroatoms. The molecule has 12 heavy (non-hydrogen) atoms. The van der Waals surface area contributed by atoms with Crippen molar-refractivity contribution >= 4 is 21.4 Å². The van der Waals surface area contributed by atoms with E-state index in [2.05, 4.69) is 19.1 Å². The zero-order chi connectivity index (χ0) is 8.72. The summed E-state index contributed by atoms with van der Waals surface area (Å²) in [5.74, 6) is 2.01. The highest BCUT2D eigenvalue weighted by atomic mass is 32.1. The molecule has 0 bridgehead atoms. The van der Waals surface area contributed by atoms with Crippen LogP contribution in [0.5, 0.6) is 0 Å². The fraction of sp³-hybridized carbons (Fsp3) is 0.300. The van der Waals surface area contributed by atoms with E-state index in [0.29, 0.717) is 0 Å². The average molecular weight is 179 g/mol. The molecular weight excluding hydrogens is 168 g/mol. The second-order valence-corrected chi connectivity index (χ2v) is 4.31. The number of hydrogen-bond donors (Lipinski definition) is 0. The monoisotopic (exact) mass is 179 g/mol. The summed E-state index contributed by atoms with van der Waals surface area (Å²) in [4.78, 5) is 1.34. The van der Waals surface area contributed by atoms with Crippen molar-refractivity contribution in [2.24, 2.45) is 0 Å².